The Balaban J connectivity index is 2.35. The van der Waals surface area contributed by atoms with Gasteiger partial charge in [-0.25, -0.2) is 0 Å². The molecule has 0 spiro atoms. The van der Waals surface area contributed by atoms with E-state index in [1.54, 1.807) is 0 Å². The van der Waals surface area contributed by atoms with Crippen molar-refractivity contribution >= 4 is 0 Å². The fourth-order valence-corrected chi connectivity index (χ4v) is 1.78. The van der Waals surface area contributed by atoms with E-state index in [-0.39, 0.29) is 0 Å². The van der Waals surface area contributed by atoms with E-state index in [2.05, 4.69) is 31.0 Å². The van der Waals surface area contributed by atoms with Crippen molar-refractivity contribution < 1.29 is 0 Å². The van der Waals surface area contributed by atoms with Crippen molar-refractivity contribution in [1.29, 1.82) is 0 Å². The molecule has 1 aliphatic rings. The molecule has 0 bridgehead atoms. The Hall–Kier alpha value is -0.120. The monoisotopic (exact) mass is 171 g/mol. The first-order valence-electron chi connectivity index (χ1n) is 4.87. The highest BCUT2D eigenvalue weighted by Crippen LogP contribution is 2.07. The van der Waals surface area contributed by atoms with Crippen molar-refractivity contribution in [2.75, 3.05) is 19.6 Å². The molecule has 2 atom stereocenters. The maximum atomic E-state index is 5.99. The van der Waals surface area contributed by atoms with E-state index in [9.17, 15) is 0 Å². The Morgan fingerprint density at radius 2 is 2.17 bits per heavy atom. The standard InChI is InChI=1S/C9H21N3/c1-4-12-5-8(10)9(6-12)11-7(2)3/h7-9,11H,4-6,10H2,1-3H3/t8-,9+/m0/s1. The molecule has 72 valence electrons. The average molecular weight is 171 g/mol. The van der Waals surface area contributed by atoms with Crippen molar-refractivity contribution in [2.45, 2.75) is 38.9 Å². The molecule has 1 saturated heterocycles. The SMILES string of the molecule is CCN1C[C@H](N)[C@H](NC(C)C)C1. The smallest absolute Gasteiger partial charge is 0.0361 e. The molecule has 0 amide bonds. The minimum atomic E-state index is 0.312. The molecule has 1 heterocycles. The van der Waals surface area contributed by atoms with Gasteiger partial charge in [0.2, 0.25) is 0 Å². The predicted molar refractivity (Wildman–Crippen MR) is 52.1 cm³/mol. The Kier molecular flexibility index (Phi) is 3.50. The molecule has 0 aromatic heterocycles. The van der Waals surface area contributed by atoms with E-state index < -0.39 is 0 Å². The first-order chi connectivity index (χ1) is 5.63. The molecule has 0 aliphatic carbocycles. The quantitative estimate of drug-likeness (QED) is 0.629. The number of likely N-dealkylation sites (tertiary alicyclic amines) is 1. The third-order valence-corrected chi connectivity index (χ3v) is 2.44. The van der Waals surface area contributed by atoms with Crippen LogP contribution in [0.5, 0.6) is 0 Å². The summed E-state index contributed by atoms with van der Waals surface area (Å²) in [6, 6.07) is 1.34. The van der Waals surface area contributed by atoms with Crippen molar-refractivity contribution in [2.24, 2.45) is 5.73 Å². The number of likely N-dealkylation sites (N-methyl/N-ethyl adjacent to an activating group) is 1. The molecule has 3 heteroatoms. The summed E-state index contributed by atoms with van der Waals surface area (Å²) in [6.07, 6.45) is 0. The summed E-state index contributed by atoms with van der Waals surface area (Å²) >= 11 is 0. The second-order valence-electron chi connectivity index (χ2n) is 3.94. The molecule has 12 heavy (non-hydrogen) atoms. The van der Waals surface area contributed by atoms with Crippen molar-refractivity contribution in [3.63, 3.8) is 0 Å². The van der Waals surface area contributed by atoms with Gasteiger partial charge in [-0.15, -0.1) is 0 Å². The molecule has 0 radical (unpaired) electrons. The lowest BCUT2D eigenvalue weighted by atomic mass is 10.1. The minimum Gasteiger partial charge on any atom is -0.325 e. The molecule has 1 aliphatic heterocycles. The van der Waals surface area contributed by atoms with Crippen molar-refractivity contribution in [3.8, 4) is 0 Å². The lowest BCUT2D eigenvalue weighted by Gasteiger charge is -2.19. The lowest BCUT2D eigenvalue weighted by molar-refractivity contribution is 0.341. The molecule has 1 fully saturated rings. The minimum absolute atomic E-state index is 0.312. The summed E-state index contributed by atoms with van der Waals surface area (Å²) in [5.74, 6) is 0. The summed E-state index contributed by atoms with van der Waals surface area (Å²) in [6.45, 7) is 9.79. The van der Waals surface area contributed by atoms with Gasteiger partial charge in [-0.3, -0.25) is 0 Å². The molecule has 0 aromatic carbocycles. The van der Waals surface area contributed by atoms with Crippen LogP contribution < -0.4 is 11.1 Å². The van der Waals surface area contributed by atoms with E-state index in [1.165, 1.54) is 0 Å². The Morgan fingerprint density at radius 1 is 1.50 bits per heavy atom. The topological polar surface area (TPSA) is 41.3 Å². The van der Waals surface area contributed by atoms with Crippen LogP contribution in [0.15, 0.2) is 0 Å². The van der Waals surface area contributed by atoms with E-state index >= 15 is 0 Å². The van der Waals surface area contributed by atoms with Crippen LogP contribution in [0.4, 0.5) is 0 Å². The molecule has 3 nitrogen and oxygen atoms in total. The highest BCUT2D eigenvalue weighted by Gasteiger charge is 2.28. The lowest BCUT2D eigenvalue weighted by Crippen LogP contribution is -2.46. The largest absolute Gasteiger partial charge is 0.325 e. The molecular weight excluding hydrogens is 150 g/mol. The maximum absolute atomic E-state index is 5.99. The van der Waals surface area contributed by atoms with Gasteiger partial charge in [0.25, 0.3) is 0 Å². The second-order valence-corrected chi connectivity index (χ2v) is 3.94. The van der Waals surface area contributed by atoms with Gasteiger partial charge in [-0.1, -0.05) is 20.8 Å². The van der Waals surface area contributed by atoms with Crippen LogP contribution in [0.1, 0.15) is 20.8 Å². The summed E-state index contributed by atoms with van der Waals surface area (Å²) < 4.78 is 0. The van der Waals surface area contributed by atoms with Gasteiger partial charge in [0.15, 0.2) is 0 Å². The average Bonchev–Trinajstić information content (AvgIpc) is 2.31. The maximum Gasteiger partial charge on any atom is 0.0361 e. The summed E-state index contributed by atoms with van der Waals surface area (Å²) in [7, 11) is 0. The predicted octanol–water partition coefficient (Wildman–Crippen LogP) is 0.0158. The van der Waals surface area contributed by atoms with Gasteiger partial charge in [0.05, 0.1) is 0 Å². The van der Waals surface area contributed by atoms with Gasteiger partial charge in [0.1, 0.15) is 0 Å². The van der Waals surface area contributed by atoms with Gasteiger partial charge in [-0.2, -0.15) is 0 Å². The highest BCUT2D eigenvalue weighted by atomic mass is 15.2. The summed E-state index contributed by atoms with van der Waals surface area (Å²) in [5.41, 5.74) is 5.99. The van der Waals surface area contributed by atoms with Crippen LogP contribution in [0, 0.1) is 0 Å². The highest BCUT2D eigenvalue weighted by molar-refractivity contribution is 4.92. The first-order valence-corrected chi connectivity index (χ1v) is 4.87. The number of nitrogens with two attached hydrogens (primary N) is 1. The van der Waals surface area contributed by atoms with Gasteiger partial charge >= 0.3 is 0 Å². The zero-order chi connectivity index (χ0) is 9.14. The van der Waals surface area contributed by atoms with Crippen LogP contribution in [0.2, 0.25) is 0 Å². The van der Waals surface area contributed by atoms with Gasteiger partial charge < -0.3 is 16.0 Å². The third kappa shape index (κ3) is 2.44. The van der Waals surface area contributed by atoms with E-state index in [0.717, 1.165) is 19.6 Å². The fraction of sp³-hybridized carbons (Fsp3) is 1.00. The van der Waals surface area contributed by atoms with Crippen molar-refractivity contribution in [3.05, 3.63) is 0 Å². The fourth-order valence-electron chi connectivity index (χ4n) is 1.78. The van der Waals surface area contributed by atoms with E-state index in [4.69, 9.17) is 5.73 Å². The normalized spacial score (nSPS) is 31.8. The number of rotatable bonds is 3. The van der Waals surface area contributed by atoms with E-state index in [0.29, 0.717) is 18.1 Å². The van der Waals surface area contributed by atoms with Crippen LogP contribution in [0.25, 0.3) is 0 Å². The van der Waals surface area contributed by atoms with Crippen LogP contribution in [0.3, 0.4) is 0 Å². The number of nitrogens with zero attached hydrogens (tertiary/aromatic N) is 1. The zero-order valence-electron chi connectivity index (χ0n) is 8.38. The van der Waals surface area contributed by atoms with Gasteiger partial charge in [-0.05, 0) is 6.54 Å². The Labute approximate surface area is 75.3 Å². The Morgan fingerprint density at radius 3 is 2.58 bits per heavy atom. The molecule has 3 N–H and O–H groups in total. The molecule has 0 aromatic rings. The zero-order valence-corrected chi connectivity index (χ0v) is 8.38. The summed E-state index contributed by atoms with van der Waals surface area (Å²) in [4.78, 5) is 2.39. The molecular formula is C9H21N3. The number of hydrogen-bond acceptors (Lipinski definition) is 3. The van der Waals surface area contributed by atoms with E-state index in [1.807, 2.05) is 0 Å². The number of nitrogens with one attached hydrogen (secondary N) is 1. The van der Waals surface area contributed by atoms with Gasteiger partial charge in [0, 0.05) is 31.2 Å². The number of hydrogen-bond donors (Lipinski definition) is 2. The summed E-state index contributed by atoms with van der Waals surface area (Å²) in [5, 5.41) is 3.49. The van der Waals surface area contributed by atoms with Crippen molar-refractivity contribution in [1.82, 2.24) is 10.2 Å². The van der Waals surface area contributed by atoms with Crippen LogP contribution in [-0.4, -0.2) is 42.7 Å². The molecule has 1 rings (SSSR count). The van der Waals surface area contributed by atoms with Crippen LogP contribution >= 0.6 is 0 Å². The third-order valence-electron chi connectivity index (χ3n) is 2.44. The molecule has 0 unspecified atom stereocenters. The molecule has 0 saturated carbocycles. The first kappa shape index (κ1) is 9.96. The Bertz CT molecular complexity index is 136. The van der Waals surface area contributed by atoms with Crippen LogP contribution in [-0.2, 0) is 0 Å². The second kappa shape index (κ2) is 4.21.